The summed E-state index contributed by atoms with van der Waals surface area (Å²) in [6.45, 7) is 5.17. The summed E-state index contributed by atoms with van der Waals surface area (Å²) >= 11 is 0. The number of aromatic nitrogens is 1. The maximum absolute atomic E-state index is 12.4. The molecule has 0 bridgehead atoms. The lowest BCUT2D eigenvalue weighted by Gasteiger charge is -2.30. The average Bonchev–Trinajstić information content (AvgIpc) is 2.41. The van der Waals surface area contributed by atoms with Gasteiger partial charge in [0, 0.05) is 24.2 Å². The van der Waals surface area contributed by atoms with Crippen LogP contribution in [0.25, 0.3) is 0 Å². The molecular formula is C16H20N2O5. The van der Waals surface area contributed by atoms with Gasteiger partial charge in [-0.2, -0.15) is 0 Å². The van der Waals surface area contributed by atoms with Gasteiger partial charge >= 0.3 is 5.97 Å². The maximum atomic E-state index is 12.4. The molecule has 124 valence electrons. The van der Waals surface area contributed by atoms with E-state index in [9.17, 15) is 19.2 Å². The number of aliphatic carboxylic acids is 1. The third-order valence-corrected chi connectivity index (χ3v) is 3.94. The van der Waals surface area contributed by atoms with Crippen molar-refractivity contribution in [3.8, 4) is 0 Å². The molecule has 0 spiro atoms. The number of hydrogen-bond donors (Lipinski definition) is 2. The summed E-state index contributed by atoms with van der Waals surface area (Å²) in [6, 6.07) is 1.30. The van der Waals surface area contributed by atoms with Gasteiger partial charge in [-0.25, -0.2) is 0 Å². The van der Waals surface area contributed by atoms with Crippen molar-refractivity contribution in [2.24, 2.45) is 5.41 Å². The summed E-state index contributed by atoms with van der Waals surface area (Å²) in [5.41, 5.74) is -0.146. The van der Waals surface area contributed by atoms with Crippen LogP contribution in [0.4, 0.5) is 0 Å². The Morgan fingerprint density at radius 1 is 1.30 bits per heavy atom. The first kappa shape index (κ1) is 16.9. The number of hydrogen-bond acceptors (Lipinski definition) is 4. The van der Waals surface area contributed by atoms with E-state index in [1.165, 1.54) is 6.07 Å². The lowest BCUT2D eigenvalue weighted by Crippen LogP contribution is -2.39. The van der Waals surface area contributed by atoms with E-state index in [1.807, 2.05) is 13.8 Å². The van der Waals surface area contributed by atoms with Crippen LogP contribution in [0.3, 0.4) is 0 Å². The van der Waals surface area contributed by atoms with Gasteiger partial charge in [0.15, 0.2) is 5.78 Å². The molecule has 7 heteroatoms. The summed E-state index contributed by atoms with van der Waals surface area (Å²) in [6.07, 6.45) is 0.886. The van der Waals surface area contributed by atoms with E-state index >= 15 is 0 Å². The normalized spacial score (nSPS) is 15.9. The first-order valence-corrected chi connectivity index (χ1v) is 7.45. The van der Waals surface area contributed by atoms with Crippen molar-refractivity contribution in [2.45, 2.75) is 33.6 Å². The first-order chi connectivity index (χ1) is 10.6. The third-order valence-electron chi connectivity index (χ3n) is 3.94. The maximum Gasteiger partial charge on any atom is 0.323 e. The molecule has 0 aliphatic heterocycles. The molecule has 0 fully saturated rings. The number of nitrogens with one attached hydrogen (secondary N) is 1. The van der Waals surface area contributed by atoms with Crippen LogP contribution in [0, 0.1) is 5.41 Å². The molecule has 7 nitrogen and oxygen atoms in total. The Morgan fingerprint density at radius 3 is 2.52 bits per heavy atom. The Kier molecular flexibility index (Phi) is 4.40. The number of carboxylic acids is 1. The van der Waals surface area contributed by atoms with E-state index < -0.39 is 24.0 Å². The fraction of sp³-hybridized carbons (Fsp3) is 0.500. The molecule has 0 saturated carbocycles. The van der Waals surface area contributed by atoms with Gasteiger partial charge in [0.2, 0.25) is 0 Å². The van der Waals surface area contributed by atoms with Crippen LogP contribution in [-0.2, 0) is 11.2 Å². The van der Waals surface area contributed by atoms with Gasteiger partial charge in [0.05, 0.1) is 0 Å². The zero-order chi connectivity index (χ0) is 17.4. The Labute approximate surface area is 133 Å². The van der Waals surface area contributed by atoms with Crippen LogP contribution in [0.15, 0.2) is 10.9 Å². The predicted molar refractivity (Wildman–Crippen MR) is 82.7 cm³/mol. The number of carbonyl (C=O) groups is 3. The Bertz CT molecular complexity index is 732. The van der Waals surface area contributed by atoms with Crippen molar-refractivity contribution in [1.29, 1.82) is 0 Å². The van der Waals surface area contributed by atoms with Gasteiger partial charge in [-0.3, -0.25) is 19.2 Å². The quantitative estimate of drug-likeness (QED) is 0.863. The molecule has 23 heavy (non-hydrogen) atoms. The van der Waals surface area contributed by atoms with Crippen molar-refractivity contribution in [3.63, 3.8) is 0 Å². The number of rotatable bonds is 4. The molecule has 0 unspecified atom stereocenters. The highest BCUT2D eigenvalue weighted by atomic mass is 16.4. The molecule has 2 N–H and O–H groups in total. The van der Waals surface area contributed by atoms with Gasteiger partial charge in [-0.1, -0.05) is 13.8 Å². The number of aromatic amines is 1. The molecule has 0 radical (unpaired) electrons. The van der Waals surface area contributed by atoms with Crippen LogP contribution < -0.4 is 5.56 Å². The van der Waals surface area contributed by atoms with Crippen LogP contribution in [0.2, 0.25) is 0 Å². The van der Waals surface area contributed by atoms with Crippen LogP contribution >= 0.6 is 0 Å². The van der Waals surface area contributed by atoms with E-state index in [-0.39, 0.29) is 23.3 Å². The molecule has 1 aromatic heterocycles. The molecule has 1 aromatic rings. The number of Topliss-reactive ketones (excluding diaryl/α,β-unsaturated/α-hetero) is 1. The van der Waals surface area contributed by atoms with Crippen LogP contribution in [-0.4, -0.2) is 45.7 Å². The number of carbonyl (C=O) groups excluding carboxylic acids is 2. The zero-order valence-corrected chi connectivity index (χ0v) is 13.4. The van der Waals surface area contributed by atoms with Gasteiger partial charge in [-0.15, -0.1) is 0 Å². The van der Waals surface area contributed by atoms with Gasteiger partial charge in [-0.05, 0) is 24.8 Å². The average molecular weight is 320 g/mol. The Morgan fingerprint density at radius 2 is 1.96 bits per heavy atom. The molecular weight excluding hydrogens is 300 g/mol. The standard InChI is InChI=1S/C16H20N2O5/c1-4-18(8-13(20)21)15(23)10-5-9-11(17-14(10)22)6-16(2,3)7-12(9)19/h5H,4,6-8H2,1-3H3,(H,17,22)(H,20,21). The summed E-state index contributed by atoms with van der Waals surface area (Å²) in [4.78, 5) is 51.3. The second kappa shape index (κ2) is 5.98. The Hall–Kier alpha value is -2.44. The van der Waals surface area contributed by atoms with E-state index in [1.54, 1.807) is 6.92 Å². The summed E-state index contributed by atoms with van der Waals surface area (Å²) in [5, 5.41) is 8.84. The minimum Gasteiger partial charge on any atom is -0.480 e. The van der Waals surface area contributed by atoms with E-state index in [0.717, 1.165) is 4.90 Å². The van der Waals surface area contributed by atoms with Gasteiger partial charge in [0.1, 0.15) is 12.1 Å². The summed E-state index contributed by atoms with van der Waals surface area (Å²) in [7, 11) is 0. The van der Waals surface area contributed by atoms with Gasteiger partial charge in [0.25, 0.3) is 11.5 Å². The number of carboxylic acid groups (broad SMARTS) is 1. The number of nitrogens with zero attached hydrogens (tertiary/aromatic N) is 1. The van der Waals surface area contributed by atoms with Crippen molar-refractivity contribution in [1.82, 2.24) is 9.88 Å². The smallest absolute Gasteiger partial charge is 0.323 e. The minimum absolute atomic E-state index is 0.122. The van der Waals surface area contributed by atoms with Crippen LogP contribution in [0.5, 0.6) is 0 Å². The molecule has 0 atom stereocenters. The van der Waals surface area contributed by atoms with E-state index in [0.29, 0.717) is 24.1 Å². The molecule has 0 saturated heterocycles. The van der Waals surface area contributed by atoms with Crippen molar-refractivity contribution in [2.75, 3.05) is 13.1 Å². The number of H-pyrrole nitrogens is 1. The summed E-state index contributed by atoms with van der Waals surface area (Å²) in [5.74, 6) is -1.97. The van der Waals surface area contributed by atoms with Crippen LogP contribution in [0.1, 0.15) is 53.6 Å². The molecule has 0 aromatic carbocycles. The number of ketones is 1. The highest BCUT2D eigenvalue weighted by Gasteiger charge is 2.33. The molecule has 1 heterocycles. The minimum atomic E-state index is -1.16. The molecule has 1 aliphatic carbocycles. The molecule has 1 amide bonds. The fourth-order valence-corrected chi connectivity index (χ4v) is 2.85. The summed E-state index contributed by atoms with van der Waals surface area (Å²) < 4.78 is 0. The second-order valence-corrected chi connectivity index (χ2v) is 6.56. The predicted octanol–water partition coefficient (Wildman–Crippen LogP) is 1.08. The first-order valence-electron chi connectivity index (χ1n) is 7.45. The van der Waals surface area contributed by atoms with Crippen molar-refractivity contribution >= 4 is 17.7 Å². The van der Waals surface area contributed by atoms with Crippen molar-refractivity contribution < 1.29 is 19.5 Å². The number of pyridine rings is 1. The Balaban J connectivity index is 2.44. The largest absolute Gasteiger partial charge is 0.480 e. The fourth-order valence-electron chi connectivity index (χ4n) is 2.85. The topological polar surface area (TPSA) is 108 Å². The van der Waals surface area contributed by atoms with E-state index in [4.69, 9.17) is 5.11 Å². The highest BCUT2D eigenvalue weighted by molar-refractivity contribution is 6.02. The SMILES string of the molecule is CCN(CC(=O)O)C(=O)c1cc2c([nH]c1=O)CC(C)(C)CC2=O. The highest BCUT2D eigenvalue weighted by Crippen LogP contribution is 2.33. The lowest BCUT2D eigenvalue weighted by atomic mass is 9.75. The van der Waals surface area contributed by atoms with E-state index in [2.05, 4.69) is 4.98 Å². The molecule has 2 rings (SSSR count). The van der Waals surface area contributed by atoms with Crippen molar-refractivity contribution in [3.05, 3.63) is 33.2 Å². The molecule has 1 aliphatic rings. The number of amides is 1. The number of fused-ring (bicyclic) bond motifs is 1. The monoisotopic (exact) mass is 320 g/mol. The second-order valence-electron chi connectivity index (χ2n) is 6.56. The lowest BCUT2D eigenvalue weighted by molar-refractivity contribution is -0.137. The third kappa shape index (κ3) is 3.49. The number of likely N-dealkylation sites (N-methyl/N-ethyl adjacent to an activating group) is 1. The van der Waals surface area contributed by atoms with Gasteiger partial charge < -0.3 is 15.0 Å². The zero-order valence-electron chi connectivity index (χ0n) is 13.4.